The summed E-state index contributed by atoms with van der Waals surface area (Å²) in [7, 11) is -3.09. The number of hydrogen-bond donors (Lipinski definition) is 1. The molecular formula is C17H20N4O3S. The highest BCUT2D eigenvalue weighted by Crippen LogP contribution is 2.25. The summed E-state index contributed by atoms with van der Waals surface area (Å²) in [5.74, 6) is 0.699. The zero-order valence-electron chi connectivity index (χ0n) is 13.8. The van der Waals surface area contributed by atoms with Gasteiger partial charge >= 0.3 is 0 Å². The summed E-state index contributed by atoms with van der Waals surface area (Å²) < 4.78 is 29.9. The SMILES string of the molecule is CS(=O)(=O)CC[C@H](N)c1nc([C@H](c2ccccc2)n2cccc2)no1. The number of rotatable bonds is 7. The molecule has 0 aliphatic heterocycles. The Morgan fingerprint density at radius 1 is 1.16 bits per heavy atom. The van der Waals surface area contributed by atoms with E-state index in [1.165, 1.54) is 6.26 Å². The van der Waals surface area contributed by atoms with Crippen LogP contribution in [0.2, 0.25) is 0 Å². The van der Waals surface area contributed by atoms with Gasteiger partial charge in [-0.15, -0.1) is 0 Å². The van der Waals surface area contributed by atoms with E-state index in [1.807, 2.05) is 59.4 Å². The van der Waals surface area contributed by atoms with Crippen molar-refractivity contribution in [1.82, 2.24) is 14.7 Å². The topological polar surface area (TPSA) is 104 Å². The van der Waals surface area contributed by atoms with Crippen LogP contribution in [0.3, 0.4) is 0 Å². The maximum Gasteiger partial charge on any atom is 0.243 e. The molecule has 2 N–H and O–H groups in total. The number of nitrogens with two attached hydrogens (primary N) is 1. The minimum absolute atomic E-state index is 0.0222. The fraction of sp³-hybridized carbons (Fsp3) is 0.294. The second-order valence-electron chi connectivity index (χ2n) is 5.96. The summed E-state index contributed by atoms with van der Waals surface area (Å²) in [6, 6.07) is 12.8. The van der Waals surface area contributed by atoms with E-state index in [-0.39, 0.29) is 24.1 Å². The first kappa shape index (κ1) is 17.4. The zero-order valence-corrected chi connectivity index (χ0v) is 14.6. The van der Waals surface area contributed by atoms with Gasteiger partial charge in [0.15, 0.2) is 5.82 Å². The van der Waals surface area contributed by atoms with E-state index in [2.05, 4.69) is 10.1 Å². The minimum atomic E-state index is -3.09. The van der Waals surface area contributed by atoms with Crippen LogP contribution in [-0.2, 0) is 9.84 Å². The Morgan fingerprint density at radius 2 is 1.84 bits per heavy atom. The van der Waals surface area contributed by atoms with Crippen LogP contribution in [0, 0.1) is 0 Å². The Hall–Kier alpha value is -2.45. The second kappa shape index (κ2) is 7.20. The van der Waals surface area contributed by atoms with E-state index in [9.17, 15) is 8.42 Å². The first-order chi connectivity index (χ1) is 11.9. The van der Waals surface area contributed by atoms with Crippen LogP contribution in [0.15, 0.2) is 59.4 Å². The van der Waals surface area contributed by atoms with E-state index in [0.29, 0.717) is 5.82 Å². The van der Waals surface area contributed by atoms with E-state index in [0.717, 1.165) is 5.56 Å². The molecule has 0 spiro atoms. The summed E-state index contributed by atoms with van der Waals surface area (Å²) in [5, 5.41) is 4.08. The van der Waals surface area contributed by atoms with Crippen molar-refractivity contribution in [2.45, 2.75) is 18.5 Å². The quantitative estimate of drug-likeness (QED) is 0.690. The first-order valence-electron chi connectivity index (χ1n) is 7.88. The van der Waals surface area contributed by atoms with Gasteiger partial charge in [0.1, 0.15) is 15.9 Å². The van der Waals surface area contributed by atoms with Crippen LogP contribution in [-0.4, -0.2) is 35.1 Å². The molecule has 2 aromatic heterocycles. The normalized spacial score (nSPS) is 14.3. The van der Waals surface area contributed by atoms with Crippen molar-refractivity contribution in [3.63, 3.8) is 0 Å². The highest BCUT2D eigenvalue weighted by molar-refractivity contribution is 7.90. The molecule has 0 unspecified atom stereocenters. The van der Waals surface area contributed by atoms with Gasteiger partial charge in [0.2, 0.25) is 5.89 Å². The molecule has 3 rings (SSSR count). The zero-order chi connectivity index (χ0) is 17.9. The lowest BCUT2D eigenvalue weighted by Crippen LogP contribution is -2.17. The molecule has 0 fully saturated rings. The van der Waals surface area contributed by atoms with Crippen molar-refractivity contribution < 1.29 is 12.9 Å². The summed E-state index contributed by atoms with van der Waals surface area (Å²) >= 11 is 0. The third-order valence-corrected chi connectivity index (χ3v) is 4.84. The smallest absolute Gasteiger partial charge is 0.243 e. The molecule has 25 heavy (non-hydrogen) atoms. The standard InChI is InChI=1S/C17H20N4O3S/c1-25(22,23)12-9-14(18)17-19-16(20-24-17)15(21-10-5-6-11-21)13-7-3-2-4-8-13/h2-8,10-11,14-15H,9,12,18H2,1H3/t14-,15-/m0/s1. The van der Waals surface area contributed by atoms with Crippen LogP contribution < -0.4 is 5.73 Å². The van der Waals surface area contributed by atoms with Crippen molar-refractivity contribution in [3.8, 4) is 0 Å². The van der Waals surface area contributed by atoms with Gasteiger partial charge in [-0.1, -0.05) is 35.5 Å². The first-order valence-corrected chi connectivity index (χ1v) is 9.94. The third kappa shape index (κ3) is 4.34. The molecule has 2 atom stereocenters. The van der Waals surface area contributed by atoms with Crippen LogP contribution in [0.4, 0.5) is 0 Å². The molecule has 0 saturated carbocycles. The largest absolute Gasteiger partial charge is 0.339 e. The van der Waals surface area contributed by atoms with Gasteiger partial charge < -0.3 is 14.8 Å². The summed E-state index contributed by atoms with van der Waals surface area (Å²) in [4.78, 5) is 4.43. The minimum Gasteiger partial charge on any atom is -0.339 e. The predicted molar refractivity (Wildman–Crippen MR) is 93.7 cm³/mol. The highest BCUT2D eigenvalue weighted by atomic mass is 32.2. The van der Waals surface area contributed by atoms with Gasteiger partial charge in [0.25, 0.3) is 0 Å². The van der Waals surface area contributed by atoms with Gasteiger partial charge in [0.05, 0.1) is 11.8 Å². The van der Waals surface area contributed by atoms with Crippen molar-refractivity contribution >= 4 is 9.84 Å². The number of hydrogen-bond acceptors (Lipinski definition) is 6. The van der Waals surface area contributed by atoms with Crippen molar-refractivity contribution in [3.05, 3.63) is 72.1 Å². The summed E-state index contributed by atoms with van der Waals surface area (Å²) in [6.07, 6.45) is 5.27. The summed E-state index contributed by atoms with van der Waals surface area (Å²) in [5.41, 5.74) is 7.02. The molecule has 132 valence electrons. The van der Waals surface area contributed by atoms with Gasteiger partial charge in [-0.3, -0.25) is 0 Å². The Morgan fingerprint density at radius 3 is 2.48 bits per heavy atom. The van der Waals surface area contributed by atoms with Crippen LogP contribution >= 0.6 is 0 Å². The monoisotopic (exact) mass is 360 g/mol. The molecular weight excluding hydrogens is 340 g/mol. The van der Waals surface area contributed by atoms with Gasteiger partial charge in [-0.05, 0) is 24.1 Å². The molecule has 0 aliphatic carbocycles. The lowest BCUT2D eigenvalue weighted by atomic mass is 10.1. The number of sulfone groups is 1. The average Bonchev–Trinajstić information content (AvgIpc) is 3.26. The van der Waals surface area contributed by atoms with Crippen LogP contribution in [0.25, 0.3) is 0 Å². The molecule has 1 aromatic carbocycles. The van der Waals surface area contributed by atoms with Crippen LogP contribution in [0.1, 0.15) is 35.8 Å². The molecule has 0 saturated heterocycles. The Balaban J connectivity index is 1.87. The van der Waals surface area contributed by atoms with Crippen molar-refractivity contribution in [2.75, 3.05) is 12.0 Å². The molecule has 3 aromatic rings. The molecule has 0 aliphatic rings. The molecule has 0 bridgehead atoms. The number of aromatic nitrogens is 3. The fourth-order valence-corrected chi connectivity index (χ4v) is 3.27. The highest BCUT2D eigenvalue weighted by Gasteiger charge is 2.24. The van der Waals surface area contributed by atoms with E-state index in [1.54, 1.807) is 0 Å². The van der Waals surface area contributed by atoms with E-state index in [4.69, 9.17) is 10.3 Å². The lowest BCUT2D eigenvalue weighted by Gasteiger charge is -2.15. The third-order valence-electron chi connectivity index (χ3n) is 3.86. The second-order valence-corrected chi connectivity index (χ2v) is 8.22. The Bertz CT molecular complexity index is 905. The Kier molecular flexibility index (Phi) is 5.00. The van der Waals surface area contributed by atoms with E-state index < -0.39 is 15.9 Å². The van der Waals surface area contributed by atoms with Crippen molar-refractivity contribution in [1.29, 1.82) is 0 Å². The van der Waals surface area contributed by atoms with Gasteiger partial charge in [-0.25, -0.2) is 8.42 Å². The Labute approximate surface area is 146 Å². The maximum absolute atomic E-state index is 11.3. The predicted octanol–water partition coefficient (Wildman–Crippen LogP) is 1.94. The van der Waals surface area contributed by atoms with Crippen molar-refractivity contribution in [2.24, 2.45) is 5.73 Å². The van der Waals surface area contributed by atoms with Gasteiger partial charge in [0, 0.05) is 18.6 Å². The van der Waals surface area contributed by atoms with Gasteiger partial charge in [-0.2, -0.15) is 4.98 Å². The average molecular weight is 360 g/mol. The summed E-state index contributed by atoms with van der Waals surface area (Å²) in [6.45, 7) is 0. The molecule has 0 radical (unpaired) electrons. The number of nitrogens with zero attached hydrogens (tertiary/aromatic N) is 3. The molecule has 8 heteroatoms. The molecule has 0 amide bonds. The van der Waals surface area contributed by atoms with Crippen LogP contribution in [0.5, 0.6) is 0 Å². The molecule has 7 nitrogen and oxygen atoms in total. The lowest BCUT2D eigenvalue weighted by molar-refractivity contribution is 0.346. The maximum atomic E-state index is 11.3. The van der Waals surface area contributed by atoms with E-state index >= 15 is 0 Å². The molecule has 2 heterocycles. The number of benzene rings is 1. The fourth-order valence-electron chi connectivity index (χ4n) is 2.58.